The number of nitrogens with zero attached hydrogens (tertiary/aromatic N) is 1. The maximum absolute atomic E-state index is 11.4. The van der Waals surface area contributed by atoms with Crippen molar-refractivity contribution in [3.8, 4) is 11.5 Å². The van der Waals surface area contributed by atoms with Crippen molar-refractivity contribution in [3.63, 3.8) is 0 Å². The highest BCUT2D eigenvalue weighted by molar-refractivity contribution is 5.55. The van der Waals surface area contributed by atoms with Crippen LogP contribution in [-0.4, -0.2) is 17.2 Å². The van der Waals surface area contributed by atoms with Gasteiger partial charge in [0.25, 0.3) is 0 Å². The molecule has 3 rings (SSSR count). The van der Waals surface area contributed by atoms with Gasteiger partial charge in [-0.05, 0) is 57.9 Å². The van der Waals surface area contributed by atoms with E-state index in [1.165, 1.54) is 5.56 Å². The number of pyridine rings is 1. The molecule has 1 atom stereocenters. The number of hydrogen-bond donors (Lipinski definition) is 2. The summed E-state index contributed by atoms with van der Waals surface area (Å²) >= 11 is 0. The van der Waals surface area contributed by atoms with Gasteiger partial charge in [0.05, 0.1) is 13.2 Å². The van der Waals surface area contributed by atoms with Gasteiger partial charge in [0.2, 0.25) is 0 Å². The topological polar surface area (TPSA) is 54.4 Å². The lowest BCUT2D eigenvalue weighted by molar-refractivity contribution is 0.414. The Labute approximate surface area is 186 Å². The van der Waals surface area contributed by atoms with Crippen molar-refractivity contribution < 1.29 is 9.84 Å². The molecule has 1 heterocycles. The van der Waals surface area contributed by atoms with Gasteiger partial charge in [0.15, 0.2) is 0 Å². The van der Waals surface area contributed by atoms with Crippen LogP contribution < -0.4 is 10.1 Å². The molecular formula is C27H34N2O2. The summed E-state index contributed by atoms with van der Waals surface area (Å²) in [6, 6.07) is 17.7. The summed E-state index contributed by atoms with van der Waals surface area (Å²) in [5.41, 5.74) is 3.73. The molecule has 0 unspecified atom stereocenters. The zero-order chi connectivity index (χ0) is 22.8. The van der Waals surface area contributed by atoms with E-state index in [1.807, 2.05) is 42.5 Å². The average Bonchev–Trinajstić information content (AvgIpc) is 2.71. The second-order valence-electron chi connectivity index (χ2n) is 10.0. The number of aromatic nitrogens is 1. The van der Waals surface area contributed by atoms with Crippen LogP contribution >= 0.6 is 0 Å². The fourth-order valence-electron chi connectivity index (χ4n) is 3.61. The van der Waals surface area contributed by atoms with Crippen LogP contribution in [0.1, 0.15) is 69.8 Å². The highest BCUT2D eigenvalue weighted by atomic mass is 16.5. The third-order valence-corrected chi connectivity index (χ3v) is 5.53. The summed E-state index contributed by atoms with van der Waals surface area (Å²) in [5.74, 6) is 1.87. The van der Waals surface area contributed by atoms with E-state index in [-0.39, 0.29) is 16.9 Å². The predicted octanol–water partition coefficient (Wildman–Crippen LogP) is 6.59. The minimum absolute atomic E-state index is 0.0576. The van der Waals surface area contributed by atoms with Crippen LogP contribution in [0.25, 0.3) is 0 Å². The van der Waals surface area contributed by atoms with E-state index in [1.54, 1.807) is 13.3 Å². The molecule has 31 heavy (non-hydrogen) atoms. The maximum atomic E-state index is 11.4. The first-order valence-corrected chi connectivity index (χ1v) is 10.7. The molecule has 0 saturated heterocycles. The number of hydrogen-bond acceptors (Lipinski definition) is 4. The highest BCUT2D eigenvalue weighted by Gasteiger charge is 2.28. The summed E-state index contributed by atoms with van der Waals surface area (Å²) in [7, 11) is 1.66. The molecule has 2 N–H and O–H groups in total. The Morgan fingerprint density at radius 1 is 0.903 bits per heavy atom. The minimum Gasteiger partial charge on any atom is -0.507 e. The summed E-state index contributed by atoms with van der Waals surface area (Å²) in [4.78, 5) is 4.46. The van der Waals surface area contributed by atoms with Gasteiger partial charge in [0.1, 0.15) is 17.3 Å². The van der Waals surface area contributed by atoms with Gasteiger partial charge in [-0.2, -0.15) is 0 Å². The lowest BCUT2D eigenvalue weighted by atomic mass is 9.77. The lowest BCUT2D eigenvalue weighted by Gasteiger charge is -2.30. The molecule has 0 bridgehead atoms. The first kappa shape index (κ1) is 22.7. The predicted molar refractivity (Wildman–Crippen MR) is 128 cm³/mol. The number of anilines is 1. The monoisotopic (exact) mass is 418 g/mol. The molecule has 0 radical (unpaired) electrons. The average molecular weight is 419 g/mol. The minimum atomic E-state index is -0.274. The maximum Gasteiger partial charge on any atom is 0.126 e. The van der Waals surface area contributed by atoms with Crippen LogP contribution in [-0.2, 0) is 10.8 Å². The van der Waals surface area contributed by atoms with Crippen LogP contribution in [0, 0.1) is 0 Å². The summed E-state index contributed by atoms with van der Waals surface area (Å²) in [6.07, 6.45) is 1.76. The first-order chi connectivity index (χ1) is 14.5. The SMILES string of the molecule is COc1ccc([C@H](Nc2ccccn2)c2cc(C(C)(C)C)cc(C(C)(C)C)c2O)cc1. The molecule has 3 aromatic rings. The number of methoxy groups -OCH3 is 1. The fraction of sp³-hybridized carbons (Fsp3) is 0.370. The van der Waals surface area contributed by atoms with E-state index in [9.17, 15) is 5.11 Å². The van der Waals surface area contributed by atoms with Crippen LogP contribution in [0.2, 0.25) is 0 Å². The van der Waals surface area contributed by atoms with E-state index < -0.39 is 0 Å². The van der Waals surface area contributed by atoms with E-state index in [0.717, 1.165) is 28.3 Å². The van der Waals surface area contributed by atoms with Gasteiger partial charge >= 0.3 is 0 Å². The number of phenols is 1. The Bertz CT molecular complexity index is 1010. The summed E-state index contributed by atoms with van der Waals surface area (Å²) < 4.78 is 5.34. The Balaban J connectivity index is 2.23. The molecule has 164 valence electrons. The van der Waals surface area contributed by atoms with Crippen LogP contribution in [0.15, 0.2) is 60.8 Å². The standard InChI is InChI=1S/C27H34N2O2/c1-26(2,3)19-16-21(25(30)22(17-19)27(4,5)6)24(29-23-10-8-9-15-28-23)18-11-13-20(31-7)14-12-18/h8-17,24,30H,1-7H3,(H,28,29)/t24-/m0/s1. The third kappa shape index (κ3) is 5.19. The van der Waals surface area contributed by atoms with Gasteiger partial charge in [-0.3, -0.25) is 0 Å². The number of rotatable bonds is 5. The van der Waals surface area contributed by atoms with E-state index in [2.05, 4.69) is 64.0 Å². The Morgan fingerprint density at radius 2 is 1.58 bits per heavy atom. The van der Waals surface area contributed by atoms with Crippen molar-refractivity contribution in [2.75, 3.05) is 12.4 Å². The van der Waals surface area contributed by atoms with Gasteiger partial charge in [0, 0.05) is 11.8 Å². The number of phenolic OH excluding ortho intramolecular Hbond substituents is 1. The molecule has 2 aromatic carbocycles. The zero-order valence-electron chi connectivity index (χ0n) is 19.7. The third-order valence-electron chi connectivity index (χ3n) is 5.53. The number of benzene rings is 2. The van der Waals surface area contributed by atoms with Crippen molar-refractivity contribution in [1.29, 1.82) is 0 Å². The molecule has 0 saturated carbocycles. The first-order valence-electron chi connectivity index (χ1n) is 10.7. The highest BCUT2D eigenvalue weighted by Crippen LogP contribution is 2.42. The van der Waals surface area contributed by atoms with Gasteiger partial charge in [-0.15, -0.1) is 0 Å². The van der Waals surface area contributed by atoms with E-state index in [4.69, 9.17) is 4.74 Å². The molecule has 0 spiro atoms. The molecule has 0 aliphatic carbocycles. The Kier molecular flexibility index (Phi) is 6.30. The van der Waals surface area contributed by atoms with Crippen molar-refractivity contribution in [2.24, 2.45) is 0 Å². The van der Waals surface area contributed by atoms with Gasteiger partial charge in [-0.25, -0.2) is 4.98 Å². The lowest BCUT2D eigenvalue weighted by Crippen LogP contribution is -2.20. The fourth-order valence-corrected chi connectivity index (χ4v) is 3.61. The second-order valence-corrected chi connectivity index (χ2v) is 10.0. The second kappa shape index (κ2) is 8.62. The molecule has 4 nitrogen and oxygen atoms in total. The normalized spacial score (nSPS) is 13.0. The summed E-state index contributed by atoms with van der Waals surface area (Å²) in [6.45, 7) is 13.0. The van der Waals surface area contributed by atoms with Gasteiger partial charge < -0.3 is 15.2 Å². The molecule has 0 aliphatic heterocycles. The number of nitrogens with one attached hydrogen (secondary N) is 1. The molecule has 0 amide bonds. The molecule has 1 aromatic heterocycles. The Morgan fingerprint density at radius 3 is 2.10 bits per heavy atom. The van der Waals surface area contributed by atoms with Crippen LogP contribution in [0.5, 0.6) is 11.5 Å². The van der Waals surface area contributed by atoms with E-state index in [0.29, 0.717) is 5.75 Å². The van der Waals surface area contributed by atoms with Crippen molar-refractivity contribution >= 4 is 5.82 Å². The van der Waals surface area contributed by atoms with Crippen LogP contribution in [0.3, 0.4) is 0 Å². The smallest absolute Gasteiger partial charge is 0.126 e. The number of aromatic hydroxyl groups is 1. The quantitative estimate of drug-likeness (QED) is 0.490. The van der Waals surface area contributed by atoms with E-state index >= 15 is 0 Å². The van der Waals surface area contributed by atoms with Crippen molar-refractivity contribution in [3.05, 3.63) is 83.0 Å². The molecule has 0 fully saturated rings. The number of ether oxygens (including phenoxy) is 1. The van der Waals surface area contributed by atoms with Gasteiger partial charge in [-0.1, -0.05) is 65.8 Å². The Hall–Kier alpha value is -3.01. The van der Waals surface area contributed by atoms with Crippen molar-refractivity contribution in [2.45, 2.75) is 58.4 Å². The summed E-state index contributed by atoms with van der Waals surface area (Å²) in [5, 5.41) is 15.0. The molecule has 0 aliphatic rings. The molecular weight excluding hydrogens is 384 g/mol. The zero-order valence-corrected chi connectivity index (χ0v) is 19.7. The largest absolute Gasteiger partial charge is 0.507 e. The van der Waals surface area contributed by atoms with Crippen molar-refractivity contribution in [1.82, 2.24) is 4.98 Å². The molecule has 4 heteroatoms. The van der Waals surface area contributed by atoms with Crippen LogP contribution in [0.4, 0.5) is 5.82 Å².